The van der Waals surface area contributed by atoms with Crippen LogP contribution in [-0.2, 0) is 11.2 Å². The van der Waals surface area contributed by atoms with Gasteiger partial charge in [-0.05, 0) is 42.3 Å². The fraction of sp³-hybridized carbons (Fsp3) is 0.130. The normalized spacial score (nSPS) is 10.6. The Morgan fingerprint density at radius 2 is 1.71 bits per heavy atom. The largest absolute Gasteiger partial charge is 0.490 e. The monoisotopic (exact) mass is 464 g/mol. The summed E-state index contributed by atoms with van der Waals surface area (Å²) < 4.78 is 11.2. The van der Waals surface area contributed by atoms with E-state index in [-0.39, 0.29) is 36.2 Å². The van der Waals surface area contributed by atoms with Crippen molar-refractivity contribution >= 4 is 23.5 Å². The summed E-state index contributed by atoms with van der Waals surface area (Å²) in [4.78, 5) is 32.8. The van der Waals surface area contributed by atoms with Gasteiger partial charge in [0.25, 0.3) is 5.69 Å². The molecule has 0 spiro atoms. The Bertz CT molecular complexity index is 1230. The van der Waals surface area contributed by atoms with E-state index < -0.39 is 21.2 Å². The fourth-order valence-corrected chi connectivity index (χ4v) is 2.92. The van der Waals surface area contributed by atoms with Crippen molar-refractivity contribution < 1.29 is 24.1 Å². The number of rotatable bonds is 10. The van der Waals surface area contributed by atoms with Gasteiger partial charge >= 0.3 is 5.69 Å². The number of amides is 1. The van der Waals surface area contributed by atoms with Crippen LogP contribution in [0, 0.1) is 20.2 Å². The number of ether oxygens (including phenoxy) is 2. The second-order valence-electron chi connectivity index (χ2n) is 6.86. The quantitative estimate of drug-likeness (QED) is 0.266. The minimum Gasteiger partial charge on any atom is -0.490 e. The maximum Gasteiger partial charge on any atom is 0.318 e. The number of nitro groups is 2. The third-order valence-electron chi connectivity index (χ3n) is 4.45. The number of carbonyl (C=O) groups excluding carboxylic acids is 1. The number of hydrogen-bond acceptors (Lipinski definition) is 8. The zero-order valence-corrected chi connectivity index (χ0v) is 18.0. The van der Waals surface area contributed by atoms with Gasteiger partial charge in [0.15, 0.2) is 11.5 Å². The van der Waals surface area contributed by atoms with E-state index in [1.807, 2.05) is 30.3 Å². The molecule has 0 unspecified atom stereocenters. The first-order valence-corrected chi connectivity index (χ1v) is 10.1. The molecule has 1 N–H and O–H groups in total. The fourth-order valence-electron chi connectivity index (χ4n) is 2.92. The van der Waals surface area contributed by atoms with E-state index in [1.54, 1.807) is 19.1 Å². The molecule has 0 aliphatic rings. The zero-order chi connectivity index (χ0) is 24.5. The van der Waals surface area contributed by atoms with Gasteiger partial charge in [0.2, 0.25) is 11.7 Å². The van der Waals surface area contributed by atoms with E-state index in [9.17, 15) is 25.0 Å². The zero-order valence-electron chi connectivity index (χ0n) is 18.0. The average molecular weight is 464 g/mol. The van der Waals surface area contributed by atoms with Gasteiger partial charge in [-0.2, -0.15) is 5.10 Å². The summed E-state index contributed by atoms with van der Waals surface area (Å²) in [7, 11) is 0. The van der Waals surface area contributed by atoms with E-state index >= 15 is 0 Å². The van der Waals surface area contributed by atoms with E-state index in [1.165, 1.54) is 12.3 Å². The summed E-state index contributed by atoms with van der Waals surface area (Å²) in [5.41, 5.74) is 2.90. The lowest BCUT2D eigenvalue weighted by molar-refractivity contribution is -0.394. The second kappa shape index (κ2) is 11.2. The molecule has 0 heterocycles. The predicted molar refractivity (Wildman–Crippen MR) is 123 cm³/mol. The van der Waals surface area contributed by atoms with Gasteiger partial charge in [0, 0.05) is 6.07 Å². The molecule has 0 aliphatic heterocycles. The SMILES string of the molecule is CCOc1cc(/C=N\NC(=O)Cc2ccccc2)ccc1Oc1ccc([N+](=O)[O-])cc1[N+](=O)[O-]. The molecule has 1 amide bonds. The molecule has 0 aliphatic carbocycles. The number of non-ortho nitro benzene ring substituents is 1. The first-order chi connectivity index (χ1) is 16.4. The Hall–Kier alpha value is -4.80. The lowest BCUT2D eigenvalue weighted by atomic mass is 10.1. The van der Waals surface area contributed by atoms with Crippen LogP contribution in [0.5, 0.6) is 17.2 Å². The van der Waals surface area contributed by atoms with Crippen LogP contribution in [0.25, 0.3) is 0 Å². The van der Waals surface area contributed by atoms with Gasteiger partial charge in [0.05, 0.1) is 35.2 Å². The Labute approximate surface area is 193 Å². The maximum absolute atomic E-state index is 12.0. The highest BCUT2D eigenvalue weighted by Crippen LogP contribution is 2.38. The molecular weight excluding hydrogens is 444 g/mol. The van der Waals surface area contributed by atoms with Crippen LogP contribution in [0.2, 0.25) is 0 Å². The van der Waals surface area contributed by atoms with Gasteiger partial charge < -0.3 is 9.47 Å². The maximum atomic E-state index is 12.0. The predicted octanol–water partition coefficient (Wildman–Crippen LogP) is 4.39. The molecule has 3 aromatic carbocycles. The third-order valence-corrected chi connectivity index (χ3v) is 4.45. The van der Waals surface area contributed by atoms with Crippen molar-refractivity contribution in [3.05, 3.63) is 98.1 Å². The van der Waals surface area contributed by atoms with Gasteiger partial charge in [-0.25, -0.2) is 5.43 Å². The van der Waals surface area contributed by atoms with Crippen LogP contribution >= 0.6 is 0 Å². The molecule has 0 atom stereocenters. The van der Waals surface area contributed by atoms with Crippen LogP contribution in [0.4, 0.5) is 11.4 Å². The number of nitro benzene ring substituents is 2. The minimum atomic E-state index is -0.762. The van der Waals surface area contributed by atoms with E-state index in [2.05, 4.69) is 10.5 Å². The molecule has 0 saturated carbocycles. The van der Waals surface area contributed by atoms with E-state index in [0.29, 0.717) is 5.56 Å². The van der Waals surface area contributed by atoms with Crippen molar-refractivity contribution in [3.63, 3.8) is 0 Å². The molecule has 0 radical (unpaired) electrons. The molecule has 3 rings (SSSR count). The lowest BCUT2D eigenvalue weighted by Gasteiger charge is -2.12. The van der Waals surface area contributed by atoms with Crippen LogP contribution in [0.3, 0.4) is 0 Å². The molecule has 0 aromatic heterocycles. The van der Waals surface area contributed by atoms with Crippen LogP contribution in [0.1, 0.15) is 18.1 Å². The molecule has 11 heteroatoms. The van der Waals surface area contributed by atoms with Gasteiger partial charge in [-0.1, -0.05) is 30.3 Å². The Kier molecular flexibility index (Phi) is 7.84. The standard InChI is InChI=1S/C23H20N4O7/c1-2-33-22-12-17(15-24-25-23(28)13-16-6-4-3-5-7-16)8-10-21(22)34-20-11-9-18(26(29)30)14-19(20)27(31)32/h3-12,14-15H,2,13H2,1H3,(H,25,28)/b24-15-. The van der Waals surface area contributed by atoms with Crippen LogP contribution in [0.15, 0.2) is 71.8 Å². The average Bonchev–Trinajstić information content (AvgIpc) is 2.81. The molecule has 34 heavy (non-hydrogen) atoms. The number of benzene rings is 3. The first-order valence-electron chi connectivity index (χ1n) is 10.1. The Morgan fingerprint density at radius 3 is 2.38 bits per heavy atom. The van der Waals surface area contributed by atoms with E-state index in [0.717, 1.165) is 23.8 Å². The van der Waals surface area contributed by atoms with Crippen molar-refractivity contribution in [2.45, 2.75) is 13.3 Å². The summed E-state index contributed by atoms with van der Waals surface area (Å²) in [5, 5.41) is 26.2. The van der Waals surface area contributed by atoms with Crippen molar-refractivity contribution in [1.82, 2.24) is 5.43 Å². The molecule has 0 saturated heterocycles. The Morgan fingerprint density at radius 1 is 0.971 bits per heavy atom. The molecule has 3 aromatic rings. The Balaban J connectivity index is 1.75. The highest BCUT2D eigenvalue weighted by atomic mass is 16.6. The summed E-state index contributed by atoms with van der Waals surface area (Å²) in [6.07, 6.45) is 1.60. The summed E-state index contributed by atoms with van der Waals surface area (Å²) >= 11 is 0. The molecule has 11 nitrogen and oxygen atoms in total. The summed E-state index contributed by atoms with van der Waals surface area (Å²) in [6.45, 7) is 2.04. The summed E-state index contributed by atoms with van der Waals surface area (Å²) in [6, 6.07) is 17.0. The van der Waals surface area contributed by atoms with Crippen molar-refractivity contribution in [2.75, 3.05) is 6.61 Å². The topological polar surface area (TPSA) is 146 Å². The van der Waals surface area contributed by atoms with Crippen molar-refractivity contribution in [3.8, 4) is 17.2 Å². The second-order valence-corrected chi connectivity index (χ2v) is 6.86. The van der Waals surface area contributed by atoms with Crippen molar-refractivity contribution in [2.24, 2.45) is 5.10 Å². The lowest BCUT2D eigenvalue weighted by Crippen LogP contribution is -2.19. The number of carbonyl (C=O) groups is 1. The summed E-state index contributed by atoms with van der Waals surface area (Å²) in [5.74, 6) is -0.0113. The van der Waals surface area contributed by atoms with Crippen molar-refractivity contribution in [1.29, 1.82) is 0 Å². The highest BCUT2D eigenvalue weighted by molar-refractivity contribution is 5.84. The van der Waals surface area contributed by atoms with Crippen LogP contribution < -0.4 is 14.9 Å². The minimum absolute atomic E-state index is 0.170. The number of hydrogen-bond donors (Lipinski definition) is 1. The van der Waals surface area contributed by atoms with E-state index in [4.69, 9.17) is 9.47 Å². The molecular formula is C23H20N4O7. The van der Waals surface area contributed by atoms with Crippen LogP contribution in [-0.4, -0.2) is 28.6 Å². The molecule has 174 valence electrons. The first kappa shape index (κ1) is 23.9. The van der Waals surface area contributed by atoms with Gasteiger partial charge in [0.1, 0.15) is 0 Å². The van der Waals surface area contributed by atoms with Gasteiger partial charge in [-0.3, -0.25) is 25.0 Å². The smallest absolute Gasteiger partial charge is 0.318 e. The number of nitrogens with one attached hydrogen (secondary N) is 1. The number of hydrazone groups is 1. The molecule has 0 bridgehead atoms. The molecule has 0 fully saturated rings. The highest BCUT2D eigenvalue weighted by Gasteiger charge is 2.22. The third kappa shape index (κ3) is 6.36. The van der Waals surface area contributed by atoms with Gasteiger partial charge in [-0.15, -0.1) is 0 Å². The number of nitrogens with zero attached hydrogens (tertiary/aromatic N) is 3.